The van der Waals surface area contributed by atoms with Crippen LogP contribution in [0.25, 0.3) is 0 Å². The molecule has 0 fully saturated rings. The lowest BCUT2D eigenvalue weighted by Crippen LogP contribution is -2.30. The summed E-state index contributed by atoms with van der Waals surface area (Å²) in [4.78, 5) is 12.4. The fourth-order valence-corrected chi connectivity index (χ4v) is 4.52. The summed E-state index contributed by atoms with van der Waals surface area (Å²) in [6, 6.07) is 11.3. The summed E-state index contributed by atoms with van der Waals surface area (Å²) in [6.07, 6.45) is 0.541. The van der Waals surface area contributed by atoms with Crippen LogP contribution in [0.1, 0.15) is 29.8 Å². The zero-order valence-corrected chi connectivity index (χ0v) is 17.5. The Labute approximate surface area is 170 Å². The number of benzene rings is 2. The summed E-state index contributed by atoms with van der Waals surface area (Å²) in [5.74, 6) is -0.278. The maximum absolute atomic E-state index is 12.5. The highest BCUT2D eigenvalue weighted by molar-refractivity contribution is 7.89. The second-order valence-electron chi connectivity index (χ2n) is 5.83. The van der Waals surface area contributed by atoms with Crippen molar-refractivity contribution in [3.8, 4) is 0 Å². The Kier molecular flexibility index (Phi) is 7.68. The minimum absolute atomic E-state index is 0.174. The number of nitrogens with one attached hydrogen (secondary N) is 1. The Balaban J connectivity index is 2.00. The number of rotatable bonds is 8. The van der Waals surface area contributed by atoms with E-state index >= 15 is 0 Å². The first-order valence-electron chi connectivity index (χ1n) is 8.62. The summed E-state index contributed by atoms with van der Waals surface area (Å²) < 4.78 is 26.3. The Morgan fingerprint density at radius 3 is 2.26 bits per heavy atom. The zero-order valence-electron chi connectivity index (χ0n) is 15.2. The number of carbonyl (C=O) groups is 1. The minimum atomic E-state index is -3.53. The molecule has 0 heterocycles. The number of hydrogen-bond acceptors (Lipinski definition) is 3. The molecule has 27 heavy (non-hydrogen) atoms. The Morgan fingerprint density at radius 1 is 1.04 bits per heavy atom. The average molecular weight is 429 g/mol. The van der Waals surface area contributed by atoms with Crippen LogP contribution >= 0.6 is 23.2 Å². The van der Waals surface area contributed by atoms with Crippen LogP contribution in [0.2, 0.25) is 10.0 Å². The summed E-state index contributed by atoms with van der Waals surface area (Å²) in [7, 11) is -3.53. The highest BCUT2D eigenvalue weighted by atomic mass is 35.5. The molecule has 0 saturated heterocycles. The van der Waals surface area contributed by atoms with Crippen LogP contribution in [0.5, 0.6) is 0 Å². The fraction of sp³-hybridized carbons (Fsp3) is 0.316. The van der Waals surface area contributed by atoms with E-state index in [1.807, 2.05) is 6.07 Å². The standard InChI is InChI=1S/C19H22Cl2N2O3S/c1-3-23(4-2)27(25,26)16-10-8-15(9-11-16)19(24)22-13-12-14-6-5-7-17(20)18(14)21/h5-11H,3-4,12-13H2,1-2H3,(H,22,24). The lowest BCUT2D eigenvalue weighted by molar-refractivity contribution is 0.0954. The van der Waals surface area contributed by atoms with Gasteiger partial charge in [-0.3, -0.25) is 4.79 Å². The van der Waals surface area contributed by atoms with Crippen molar-refractivity contribution in [3.05, 3.63) is 63.6 Å². The number of nitrogens with zero attached hydrogens (tertiary/aromatic N) is 1. The molecule has 0 saturated carbocycles. The fourth-order valence-electron chi connectivity index (χ4n) is 2.65. The van der Waals surface area contributed by atoms with Crippen molar-refractivity contribution >= 4 is 39.1 Å². The van der Waals surface area contributed by atoms with Gasteiger partial charge in [0, 0.05) is 25.2 Å². The highest BCUT2D eigenvalue weighted by Crippen LogP contribution is 2.25. The van der Waals surface area contributed by atoms with Gasteiger partial charge in [0.15, 0.2) is 0 Å². The van der Waals surface area contributed by atoms with Crippen LogP contribution in [-0.4, -0.2) is 38.3 Å². The van der Waals surface area contributed by atoms with Gasteiger partial charge in [-0.05, 0) is 42.3 Å². The second-order valence-corrected chi connectivity index (χ2v) is 8.56. The van der Waals surface area contributed by atoms with Crippen molar-refractivity contribution < 1.29 is 13.2 Å². The van der Waals surface area contributed by atoms with Gasteiger partial charge in [-0.1, -0.05) is 49.2 Å². The molecule has 2 rings (SSSR count). The Morgan fingerprint density at radius 2 is 1.67 bits per heavy atom. The van der Waals surface area contributed by atoms with E-state index in [4.69, 9.17) is 23.2 Å². The molecule has 0 spiro atoms. The van der Waals surface area contributed by atoms with Gasteiger partial charge < -0.3 is 5.32 Å². The SMILES string of the molecule is CCN(CC)S(=O)(=O)c1ccc(C(=O)NCCc2cccc(Cl)c2Cl)cc1. The molecule has 0 bridgehead atoms. The Bertz CT molecular complexity index is 896. The lowest BCUT2D eigenvalue weighted by atomic mass is 10.1. The van der Waals surface area contributed by atoms with Crippen molar-refractivity contribution in [2.75, 3.05) is 19.6 Å². The van der Waals surface area contributed by atoms with Gasteiger partial charge in [-0.25, -0.2) is 8.42 Å². The predicted molar refractivity (Wildman–Crippen MR) is 109 cm³/mol. The van der Waals surface area contributed by atoms with Crippen molar-refractivity contribution in [1.29, 1.82) is 0 Å². The summed E-state index contributed by atoms with van der Waals surface area (Å²) in [6.45, 7) is 4.75. The van der Waals surface area contributed by atoms with Gasteiger partial charge >= 0.3 is 0 Å². The summed E-state index contributed by atoms with van der Waals surface area (Å²) in [5, 5.41) is 3.76. The van der Waals surface area contributed by atoms with Crippen molar-refractivity contribution in [3.63, 3.8) is 0 Å². The van der Waals surface area contributed by atoms with Crippen molar-refractivity contribution in [1.82, 2.24) is 9.62 Å². The van der Waals surface area contributed by atoms with E-state index in [-0.39, 0.29) is 10.8 Å². The second kappa shape index (κ2) is 9.55. The van der Waals surface area contributed by atoms with Gasteiger partial charge in [0.2, 0.25) is 10.0 Å². The zero-order chi connectivity index (χ0) is 20.0. The smallest absolute Gasteiger partial charge is 0.251 e. The van der Waals surface area contributed by atoms with Gasteiger partial charge in [0.25, 0.3) is 5.91 Å². The van der Waals surface area contributed by atoms with E-state index in [0.717, 1.165) is 5.56 Å². The van der Waals surface area contributed by atoms with E-state index in [2.05, 4.69) is 5.32 Å². The molecule has 0 aliphatic rings. The molecule has 0 radical (unpaired) electrons. The maximum atomic E-state index is 12.5. The first kappa shape index (κ1) is 21.7. The predicted octanol–water partition coefficient (Wildman–Crippen LogP) is 4.00. The molecule has 2 aromatic rings. The largest absolute Gasteiger partial charge is 0.352 e. The normalized spacial score (nSPS) is 11.6. The van der Waals surface area contributed by atoms with Crippen LogP contribution < -0.4 is 5.32 Å². The molecule has 5 nitrogen and oxygen atoms in total. The van der Waals surface area contributed by atoms with Crippen LogP contribution in [0.3, 0.4) is 0 Å². The van der Waals surface area contributed by atoms with E-state index in [1.165, 1.54) is 28.6 Å². The lowest BCUT2D eigenvalue weighted by Gasteiger charge is -2.18. The molecule has 0 aliphatic heterocycles. The molecule has 1 amide bonds. The topological polar surface area (TPSA) is 66.5 Å². The molecule has 1 N–H and O–H groups in total. The van der Waals surface area contributed by atoms with Gasteiger partial charge in [-0.15, -0.1) is 0 Å². The molecule has 146 valence electrons. The highest BCUT2D eigenvalue weighted by Gasteiger charge is 2.21. The third-order valence-electron chi connectivity index (χ3n) is 4.17. The third kappa shape index (κ3) is 5.23. The molecule has 0 atom stereocenters. The molecule has 0 aromatic heterocycles. The number of halogens is 2. The maximum Gasteiger partial charge on any atom is 0.251 e. The molecular weight excluding hydrogens is 407 g/mol. The number of sulfonamides is 1. The average Bonchev–Trinajstić information content (AvgIpc) is 2.66. The van der Waals surface area contributed by atoms with Crippen molar-refractivity contribution in [2.24, 2.45) is 0 Å². The van der Waals surface area contributed by atoms with E-state index in [1.54, 1.807) is 26.0 Å². The summed E-state index contributed by atoms with van der Waals surface area (Å²) >= 11 is 12.1. The van der Waals surface area contributed by atoms with Crippen LogP contribution in [0.15, 0.2) is 47.4 Å². The number of carbonyl (C=O) groups excluding carboxylic acids is 1. The monoisotopic (exact) mass is 428 g/mol. The van der Waals surface area contributed by atoms with Gasteiger partial charge in [0.1, 0.15) is 0 Å². The van der Waals surface area contributed by atoms with E-state index in [9.17, 15) is 13.2 Å². The van der Waals surface area contributed by atoms with Crippen molar-refractivity contribution in [2.45, 2.75) is 25.2 Å². The minimum Gasteiger partial charge on any atom is -0.352 e. The number of amides is 1. The first-order valence-corrected chi connectivity index (χ1v) is 10.8. The van der Waals surface area contributed by atoms with Gasteiger partial charge in [0.05, 0.1) is 14.9 Å². The van der Waals surface area contributed by atoms with E-state index in [0.29, 0.717) is 41.7 Å². The molecule has 0 unspecified atom stereocenters. The Hall–Kier alpha value is -1.60. The quantitative estimate of drug-likeness (QED) is 0.690. The van der Waals surface area contributed by atoms with Crippen LogP contribution in [0, 0.1) is 0 Å². The first-order chi connectivity index (χ1) is 12.8. The third-order valence-corrected chi connectivity index (χ3v) is 7.09. The molecular formula is C19H22Cl2N2O3S. The molecule has 2 aromatic carbocycles. The van der Waals surface area contributed by atoms with E-state index < -0.39 is 10.0 Å². The molecule has 0 aliphatic carbocycles. The number of hydrogen-bond donors (Lipinski definition) is 1. The van der Waals surface area contributed by atoms with Crippen LogP contribution in [0.4, 0.5) is 0 Å². The van der Waals surface area contributed by atoms with Crippen LogP contribution in [-0.2, 0) is 16.4 Å². The summed E-state index contributed by atoms with van der Waals surface area (Å²) in [5.41, 5.74) is 1.25. The molecule has 8 heteroatoms. The van der Waals surface area contributed by atoms with Gasteiger partial charge in [-0.2, -0.15) is 4.31 Å².